The van der Waals surface area contributed by atoms with Crippen LogP contribution in [0.15, 0.2) is 0 Å². The maximum Gasteiger partial charge on any atom is 0.0706 e. The largest absolute Gasteiger partial charge is 0.392 e. The summed E-state index contributed by atoms with van der Waals surface area (Å²) in [5.41, 5.74) is 0. The Hall–Kier alpha value is 0.250. The second-order valence-electron chi connectivity index (χ2n) is 4.36. The van der Waals surface area contributed by atoms with Crippen molar-refractivity contribution in [1.29, 1.82) is 0 Å². The van der Waals surface area contributed by atoms with Gasteiger partial charge in [-0.15, -0.1) is 11.6 Å². The van der Waals surface area contributed by atoms with E-state index < -0.39 is 0 Å². The number of hydrogen-bond acceptors (Lipinski definition) is 1. The smallest absolute Gasteiger partial charge is 0.0706 e. The maximum absolute atomic E-state index is 9.58. The van der Waals surface area contributed by atoms with Crippen LogP contribution in [0.1, 0.15) is 38.5 Å². The molecule has 2 fully saturated rings. The number of fused-ring (bicyclic) bond motifs is 1. The van der Waals surface area contributed by atoms with Gasteiger partial charge in [-0.1, -0.05) is 25.7 Å². The number of alkyl halides is 1. The lowest BCUT2D eigenvalue weighted by Crippen LogP contribution is -2.37. The van der Waals surface area contributed by atoms with Gasteiger partial charge in [-0.25, -0.2) is 0 Å². The van der Waals surface area contributed by atoms with Crippen LogP contribution in [0.5, 0.6) is 0 Å². The van der Waals surface area contributed by atoms with E-state index in [1.54, 1.807) is 0 Å². The Balaban J connectivity index is 1.98. The first-order valence-corrected chi connectivity index (χ1v) is 5.53. The van der Waals surface area contributed by atoms with Crippen LogP contribution in [0.25, 0.3) is 0 Å². The maximum atomic E-state index is 9.58. The van der Waals surface area contributed by atoms with Crippen molar-refractivity contribution < 1.29 is 5.11 Å². The molecule has 2 rings (SSSR count). The SMILES string of the molecule is O[C@H]1C[C@H]2CCCC[C@@H]2C[C@H]1Cl. The lowest BCUT2D eigenvalue weighted by atomic mass is 9.70. The summed E-state index contributed by atoms with van der Waals surface area (Å²) < 4.78 is 0. The molecular formula is C10H17ClO. The van der Waals surface area contributed by atoms with Crippen molar-refractivity contribution in [3.05, 3.63) is 0 Å². The minimum Gasteiger partial charge on any atom is -0.392 e. The zero-order chi connectivity index (χ0) is 8.55. The fourth-order valence-corrected chi connectivity index (χ4v) is 3.14. The molecule has 0 saturated heterocycles. The average Bonchev–Trinajstić information content (AvgIpc) is 2.07. The predicted octanol–water partition coefficient (Wildman–Crippen LogP) is 2.55. The van der Waals surface area contributed by atoms with Crippen molar-refractivity contribution in [2.45, 2.75) is 50.0 Å². The topological polar surface area (TPSA) is 20.2 Å². The van der Waals surface area contributed by atoms with E-state index in [4.69, 9.17) is 11.6 Å². The highest BCUT2D eigenvalue weighted by Gasteiger charge is 2.36. The van der Waals surface area contributed by atoms with Gasteiger partial charge in [0.2, 0.25) is 0 Å². The molecule has 1 nitrogen and oxygen atoms in total. The summed E-state index contributed by atoms with van der Waals surface area (Å²) in [4.78, 5) is 0. The lowest BCUT2D eigenvalue weighted by Gasteiger charge is -2.39. The van der Waals surface area contributed by atoms with Crippen LogP contribution in [-0.4, -0.2) is 16.6 Å². The first kappa shape index (κ1) is 8.83. The Labute approximate surface area is 79.1 Å². The average molecular weight is 189 g/mol. The summed E-state index contributed by atoms with van der Waals surface area (Å²) in [7, 11) is 0. The van der Waals surface area contributed by atoms with Gasteiger partial charge in [-0.2, -0.15) is 0 Å². The van der Waals surface area contributed by atoms with Crippen molar-refractivity contribution in [3.8, 4) is 0 Å². The molecule has 0 amide bonds. The van der Waals surface area contributed by atoms with E-state index in [1.807, 2.05) is 0 Å². The number of halogens is 1. The van der Waals surface area contributed by atoms with Crippen molar-refractivity contribution in [2.75, 3.05) is 0 Å². The quantitative estimate of drug-likeness (QED) is 0.580. The molecule has 0 bridgehead atoms. The van der Waals surface area contributed by atoms with Gasteiger partial charge in [0.05, 0.1) is 11.5 Å². The monoisotopic (exact) mass is 188 g/mol. The first-order chi connectivity index (χ1) is 5.77. The van der Waals surface area contributed by atoms with Gasteiger partial charge in [0.1, 0.15) is 0 Å². The van der Waals surface area contributed by atoms with E-state index in [9.17, 15) is 5.11 Å². The Morgan fingerprint density at radius 2 is 1.58 bits per heavy atom. The van der Waals surface area contributed by atoms with Gasteiger partial charge in [-0.05, 0) is 24.7 Å². The summed E-state index contributed by atoms with van der Waals surface area (Å²) in [5.74, 6) is 1.60. The summed E-state index contributed by atoms with van der Waals surface area (Å²) in [6, 6.07) is 0. The third-order valence-electron chi connectivity index (χ3n) is 3.56. The number of aliphatic hydroxyl groups excluding tert-OH is 1. The van der Waals surface area contributed by atoms with E-state index in [-0.39, 0.29) is 11.5 Å². The highest BCUT2D eigenvalue weighted by atomic mass is 35.5. The summed E-state index contributed by atoms with van der Waals surface area (Å²) in [6.45, 7) is 0. The molecule has 0 aromatic rings. The molecule has 1 N–H and O–H groups in total. The third kappa shape index (κ3) is 1.62. The van der Waals surface area contributed by atoms with Crippen LogP contribution in [-0.2, 0) is 0 Å². The predicted molar refractivity (Wildman–Crippen MR) is 50.3 cm³/mol. The molecule has 0 spiro atoms. The highest BCUT2D eigenvalue weighted by Crippen LogP contribution is 2.41. The van der Waals surface area contributed by atoms with Crippen molar-refractivity contribution in [2.24, 2.45) is 11.8 Å². The lowest BCUT2D eigenvalue weighted by molar-refractivity contribution is 0.0529. The molecular weight excluding hydrogens is 172 g/mol. The van der Waals surface area contributed by atoms with Gasteiger partial charge in [0.25, 0.3) is 0 Å². The van der Waals surface area contributed by atoms with Gasteiger partial charge in [0, 0.05) is 0 Å². The summed E-state index contributed by atoms with van der Waals surface area (Å²) in [5, 5.41) is 9.62. The van der Waals surface area contributed by atoms with E-state index >= 15 is 0 Å². The van der Waals surface area contributed by atoms with Crippen molar-refractivity contribution in [1.82, 2.24) is 0 Å². The minimum absolute atomic E-state index is 0.0318. The van der Waals surface area contributed by atoms with Crippen LogP contribution in [0, 0.1) is 11.8 Å². The Kier molecular flexibility index (Phi) is 2.61. The minimum atomic E-state index is -0.231. The zero-order valence-corrected chi connectivity index (χ0v) is 8.13. The molecule has 2 heteroatoms. The molecule has 0 radical (unpaired) electrons. The van der Waals surface area contributed by atoms with E-state index in [0.29, 0.717) is 0 Å². The van der Waals surface area contributed by atoms with Crippen LogP contribution in [0.4, 0.5) is 0 Å². The fourth-order valence-electron chi connectivity index (χ4n) is 2.81. The Morgan fingerprint density at radius 1 is 1.00 bits per heavy atom. The zero-order valence-electron chi connectivity index (χ0n) is 7.38. The molecule has 4 atom stereocenters. The van der Waals surface area contributed by atoms with Gasteiger partial charge in [-0.3, -0.25) is 0 Å². The van der Waals surface area contributed by atoms with Crippen LogP contribution >= 0.6 is 11.6 Å². The second kappa shape index (κ2) is 3.55. The first-order valence-electron chi connectivity index (χ1n) is 5.09. The van der Waals surface area contributed by atoms with E-state index in [1.165, 1.54) is 25.7 Å². The van der Waals surface area contributed by atoms with Crippen molar-refractivity contribution in [3.63, 3.8) is 0 Å². The van der Waals surface area contributed by atoms with Crippen molar-refractivity contribution >= 4 is 11.6 Å². The molecule has 2 saturated carbocycles. The molecule has 0 heterocycles. The highest BCUT2D eigenvalue weighted by molar-refractivity contribution is 6.21. The standard InChI is InChI=1S/C10H17ClO/c11-9-5-7-3-1-2-4-8(7)6-10(9)12/h7-10,12H,1-6H2/t7-,8-,9-,10+/m1/s1. The van der Waals surface area contributed by atoms with Crippen LogP contribution in [0.2, 0.25) is 0 Å². The number of aliphatic hydroxyl groups is 1. The fraction of sp³-hybridized carbons (Fsp3) is 1.00. The molecule has 0 aliphatic heterocycles. The number of hydrogen-bond donors (Lipinski definition) is 1. The summed E-state index contributed by atoms with van der Waals surface area (Å²) in [6.07, 6.45) is 7.19. The second-order valence-corrected chi connectivity index (χ2v) is 4.92. The Morgan fingerprint density at radius 3 is 2.25 bits per heavy atom. The molecule has 12 heavy (non-hydrogen) atoms. The van der Waals surface area contributed by atoms with Gasteiger partial charge < -0.3 is 5.11 Å². The Bertz CT molecular complexity index is 142. The molecule has 2 aliphatic rings. The molecule has 0 aromatic heterocycles. The normalized spacial score (nSPS) is 48.5. The third-order valence-corrected chi connectivity index (χ3v) is 4.03. The van der Waals surface area contributed by atoms with Crippen LogP contribution < -0.4 is 0 Å². The van der Waals surface area contributed by atoms with Crippen LogP contribution in [0.3, 0.4) is 0 Å². The van der Waals surface area contributed by atoms with E-state index in [0.717, 1.165) is 24.7 Å². The summed E-state index contributed by atoms with van der Waals surface area (Å²) >= 11 is 6.04. The number of rotatable bonds is 0. The molecule has 0 aromatic carbocycles. The van der Waals surface area contributed by atoms with E-state index in [2.05, 4.69) is 0 Å². The van der Waals surface area contributed by atoms with Gasteiger partial charge in [0.15, 0.2) is 0 Å². The molecule has 0 unspecified atom stereocenters. The van der Waals surface area contributed by atoms with Gasteiger partial charge >= 0.3 is 0 Å². The molecule has 2 aliphatic carbocycles. The molecule has 70 valence electrons.